The Balaban J connectivity index is 0.000000165. The zero-order valence-corrected chi connectivity index (χ0v) is 9.26. The van der Waals surface area contributed by atoms with E-state index >= 15 is 0 Å². The largest absolute Gasteiger partial charge is 0.325 e. The molecule has 0 bridgehead atoms. The molecule has 2 aromatic heterocycles. The molecule has 0 aliphatic rings. The van der Waals surface area contributed by atoms with Crippen LogP contribution >= 0.6 is 27.3 Å². The van der Waals surface area contributed by atoms with Crippen LogP contribution < -0.4 is 11.2 Å². The number of thiazole rings is 1. The number of nitrogens with zero attached hydrogens (tertiary/aromatic N) is 1. The minimum Gasteiger partial charge on any atom is -0.313 e. The summed E-state index contributed by atoms with van der Waals surface area (Å²) >= 11 is 4.52. The van der Waals surface area contributed by atoms with Gasteiger partial charge in [0.2, 0.25) is 0 Å². The molecule has 2 rings (SSSR count). The molecule has 0 aromatic carbocycles. The summed E-state index contributed by atoms with van der Waals surface area (Å²) in [6.45, 7) is 0. The Bertz CT molecular complexity index is 459. The Labute approximate surface area is 91.0 Å². The van der Waals surface area contributed by atoms with E-state index in [2.05, 4.69) is 25.9 Å². The summed E-state index contributed by atoms with van der Waals surface area (Å²) < 4.78 is 0.321. The Kier molecular flexibility index (Phi) is 4.27. The monoisotopic (exact) mass is 275 g/mol. The lowest BCUT2D eigenvalue weighted by atomic mass is 10.7. The molecule has 2 aromatic rings. The van der Waals surface area contributed by atoms with Gasteiger partial charge in [0, 0.05) is 17.8 Å². The van der Waals surface area contributed by atoms with Crippen LogP contribution in [0.1, 0.15) is 0 Å². The second kappa shape index (κ2) is 5.51. The number of rotatable bonds is 0. The summed E-state index contributed by atoms with van der Waals surface area (Å²) in [5, 5.41) is 1.93. The van der Waals surface area contributed by atoms with Crippen LogP contribution in [-0.2, 0) is 0 Å². The Hall–Kier alpha value is -1.21. The zero-order chi connectivity index (χ0) is 10.4. The summed E-state index contributed by atoms with van der Waals surface area (Å²) in [7, 11) is 0. The standard InChI is InChI=1S/C4H3BrN2O2.C3H3NS/c5-2-1-6-4(9)7-3(2)8;1-2-5-3-4-1/h1H,(H2,6,7,8,9);1-3H. The molecule has 0 spiro atoms. The summed E-state index contributed by atoms with van der Waals surface area (Å²) in [4.78, 5) is 28.9. The molecule has 5 nitrogen and oxygen atoms in total. The van der Waals surface area contributed by atoms with E-state index in [9.17, 15) is 9.59 Å². The van der Waals surface area contributed by atoms with Crippen molar-refractivity contribution >= 4 is 27.3 Å². The first-order valence-corrected chi connectivity index (χ1v) is 5.23. The van der Waals surface area contributed by atoms with Gasteiger partial charge in [0.1, 0.15) is 0 Å². The minimum atomic E-state index is -0.497. The predicted molar refractivity (Wildman–Crippen MR) is 57.5 cm³/mol. The Morgan fingerprint density at radius 2 is 2.21 bits per heavy atom. The summed E-state index contributed by atoms with van der Waals surface area (Å²) in [6, 6.07) is 0. The molecule has 14 heavy (non-hydrogen) atoms. The van der Waals surface area contributed by atoms with Crippen LogP contribution in [-0.4, -0.2) is 15.0 Å². The molecule has 0 amide bonds. The number of hydrogen-bond donors (Lipinski definition) is 2. The maximum atomic E-state index is 10.5. The molecule has 0 unspecified atom stereocenters. The summed E-state index contributed by atoms with van der Waals surface area (Å²) in [5.41, 5.74) is 0.877. The van der Waals surface area contributed by atoms with Crippen molar-refractivity contribution in [1.29, 1.82) is 0 Å². The number of H-pyrrole nitrogens is 2. The predicted octanol–water partition coefficient (Wildman–Crippen LogP) is 0.969. The van der Waals surface area contributed by atoms with Gasteiger partial charge in [-0.2, -0.15) is 0 Å². The van der Waals surface area contributed by atoms with Gasteiger partial charge in [-0.05, 0) is 15.9 Å². The normalized spacial score (nSPS) is 8.93. The van der Waals surface area contributed by atoms with E-state index in [-0.39, 0.29) is 0 Å². The zero-order valence-electron chi connectivity index (χ0n) is 6.86. The molecule has 0 aliphatic carbocycles. The lowest BCUT2D eigenvalue weighted by molar-refractivity contribution is 1.02. The smallest absolute Gasteiger partial charge is 0.313 e. The minimum absolute atomic E-state index is 0.321. The first-order valence-electron chi connectivity index (χ1n) is 3.50. The second-order valence-corrected chi connectivity index (χ2v) is 3.71. The molecule has 74 valence electrons. The number of aromatic amines is 2. The summed E-state index contributed by atoms with van der Waals surface area (Å²) in [5.74, 6) is 0. The fourth-order valence-electron chi connectivity index (χ4n) is 0.569. The Morgan fingerprint density at radius 3 is 2.57 bits per heavy atom. The van der Waals surface area contributed by atoms with Crippen molar-refractivity contribution in [2.24, 2.45) is 0 Å². The maximum Gasteiger partial charge on any atom is 0.325 e. The van der Waals surface area contributed by atoms with Crippen LogP contribution in [0.25, 0.3) is 0 Å². The van der Waals surface area contributed by atoms with Crippen molar-refractivity contribution in [3.8, 4) is 0 Å². The van der Waals surface area contributed by atoms with E-state index in [1.165, 1.54) is 6.20 Å². The van der Waals surface area contributed by atoms with E-state index in [0.717, 1.165) is 0 Å². The van der Waals surface area contributed by atoms with Crippen molar-refractivity contribution in [3.63, 3.8) is 0 Å². The van der Waals surface area contributed by atoms with Gasteiger partial charge < -0.3 is 4.98 Å². The lowest BCUT2D eigenvalue weighted by Crippen LogP contribution is -2.21. The highest BCUT2D eigenvalue weighted by molar-refractivity contribution is 9.10. The van der Waals surface area contributed by atoms with Crippen molar-refractivity contribution in [1.82, 2.24) is 15.0 Å². The van der Waals surface area contributed by atoms with E-state index in [1.54, 1.807) is 23.0 Å². The highest BCUT2D eigenvalue weighted by Crippen LogP contribution is 1.93. The van der Waals surface area contributed by atoms with Gasteiger partial charge in [-0.3, -0.25) is 14.8 Å². The third kappa shape index (κ3) is 3.67. The lowest BCUT2D eigenvalue weighted by Gasteiger charge is -1.82. The highest BCUT2D eigenvalue weighted by atomic mass is 79.9. The molecule has 0 aliphatic heterocycles. The third-order valence-electron chi connectivity index (χ3n) is 1.12. The first-order chi connectivity index (χ1) is 6.70. The summed E-state index contributed by atoms with van der Waals surface area (Å²) in [6.07, 6.45) is 3.06. The quantitative estimate of drug-likeness (QED) is 0.752. The highest BCUT2D eigenvalue weighted by Gasteiger charge is 1.90. The SMILES string of the molecule is O=c1[nH]cc(Br)c(=O)[nH]1.c1cscn1. The topological polar surface area (TPSA) is 78.6 Å². The fourth-order valence-corrected chi connectivity index (χ4v) is 1.13. The van der Waals surface area contributed by atoms with E-state index < -0.39 is 11.2 Å². The van der Waals surface area contributed by atoms with Gasteiger partial charge in [0.05, 0.1) is 9.98 Å². The van der Waals surface area contributed by atoms with Crippen molar-refractivity contribution in [2.45, 2.75) is 0 Å². The molecule has 2 N–H and O–H groups in total. The number of nitrogens with one attached hydrogen (secondary N) is 2. The third-order valence-corrected chi connectivity index (χ3v) is 2.23. The average Bonchev–Trinajstić information content (AvgIpc) is 2.69. The van der Waals surface area contributed by atoms with Gasteiger partial charge in [0.25, 0.3) is 5.56 Å². The van der Waals surface area contributed by atoms with Gasteiger partial charge in [-0.25, -0.2) is 4.79 Å². The molecule has 0 saturated heterocycles. The second-order valence-electron chi connectivity index (χ2n) is 2.10. The fraction of sp³-hybridized carbons (Fsp3) is 0. The van der Waals surface area contributed by atoms with Gasteiger partial charge in [0.15, 0.2) is 0 Å². The molecule has 0 fully saturated rings. The number of hydrogen-bond acceptors (Lipinski definition) is 4. The van der Waals surface area contributed by atoms with Crippen LogP contribution in [0.4, 0.5) is 0 Å². The van der Waals surface area contributed by atoms with Crippen molar-refractivity contribution in [3.05, 3.63) is 48.6 Å². The van der Waals surface area contributed by atoms with Gasteiger partial charge >= 0.3 is 5.69 Å². The molecule has 7 heteroatoms. The van der Waals surface area contributed by atoms with Gasteiger partial charge in [-0.1, -0.05) is 0 Å². The van der Waals surface area contributed by atoms with Crippen LogP contribution in [0, 0.1) is 0 Å². The van der Waals surface area contributed by atoms with E-state index in [4.69, 9.17) is 0 Å². The molecule has 0 atom stereocenters. The first kappa shape index (κ1) is 10.9. The van der Waals surface area contributed by atoms with Crippen LogP contribution in [0.3, 0.4) is 0 Å². The van der Waals surface area contributed by atoms with Crippen molar-refractivity contribution < 1.29 is 0 Å². The molecular formula is C7H6BrN3O2S. The number of halogens is 1. The number of aromatic nitrogens is 3. The van der Waals surface area contributed by atoms with Crippen LogP contribution in [0.2, 0.25) is 0 Å². The molecular weight excluding hydrogens is 270 g/mol. The average molecular weight is 276 g/mol. The van der Waals surface area contributed by atoms with E-state index in [0.29, 0.717) is 4.47 Å². The van der Waals surface area contributed by atoms with Crippen LogP contribution in [0.5, 0.6) is 0 Å². The van der Waals surface area contributed by atoms with Crippen LogP contribution in [0.15, 0.2) is 37.3 Å². The molecule has 0 radical (unpaired) electrons. The van der Waals surface area contributed by atoms with Gasteiger partial charge in [-0.15, -0.1) is 11.3 Å². The van der Waals surface area contributed by atoms with Crippen molar-refractivity contribution in [2.75, 3.05) is 0 Å². The molecule has 0 saturated carbocycles. The Morgan fingerprint density at radius 1 is 1.43 bits per heavy atom. The van der Waals surface area contributed by atoms with E-state index in [1.807, 2.05) is 10.4 Å². The molecule has 2 heterocycles. The maximum absolute atomic E-state index is 10.5.